The summed E-state index contributed by atoms with van der Waals surface area (Å²) in [4.78, 5) is 11.3. The summed E-state index contributed by atoms with van der Waals surface area (Å²) < 4.78 is 26.5. The molecule has 2 aromatic heterocycles. The van der Waals surface area contributed by atoms with Crippen molar-refractivity contribution in [3.05, 3.63) is 17.3 Å². The summed E-state index contributed by atoms with van der Waals surface area (Å²) in [6, 6.07) is 0. The fourth-order valence-electron chi connectivity index (χ4n) is 1.39. The van der Waals surface area contributed by atoms with E-state index in [0.29, 0.717) is 17.7 Å². The second-order valence-corrected chi connectivity index (χ2v) is 3.20. The minimum Gasteiger partial charge on any atom is -0.308 e. The number of rotatable bonds is 2. The van der Waals surface area contributed by atoms with Gasteiger partial charge >= 0.3 is 0 Å². The number of imidazole rings is 1. The van der Waals surface area contributed by atoms with Gasteiger partial charge in [0, 0.05) is 6.54 Å². The fourth-order valence-corrected chi connectivity index (χ4v) is 1.52. The first-order valence-corrected chi connectivity index (χ1v) is 4.68. The molecule has 0 radical (unpaired) electrons. The summed E-state index contributed by atoms with van der Waals surface area (Å²) in [6.07, 6.45) is -1.29. The Labute approximate surface area is 88.9 Å². The maximum absolute atomic E-state index is 12.6. The van der Waals surface area contributed by atoms with Crippen molar-refractivity contribution in [2.75, 3.05) is 0 Å². The second-order valence-electron chi connectivity index (χ2n) is 2.86. The van der Waals surface area contributed by atoms with E-state index in [2.05, 4.69) is 15.0 Å². The number of halogens is 3. The van der Waals surface area contributed by atoms with Crippen LogP contribution in [0.15, 0.2) is 6.20 Å². The lowest BCUT2D eigenvalue weighted by Crippen LogP contribution is -2.02. The Kier molecular flexibility index (Phi) is 2.52. The van der Waals surface area contributed by atoms with Gasteiger partial charge in [0.05, 0.1) is 6.20 Å². The van der Waals surface area contributed by atoms with Gasteiger partial charge in [-0.2, -0.15) is 4.98 Å². The first-order valence-electron chi connectivity index (χ1n) is 4.30. The molecular weight excluding hydrogens is 226 g/mol. The molecule has 0 aliphatic rings. The lowest BCUT2D eigenvalue weighted by molar-refractivity contribution is 0.136. The predicted octanol–water partition coefficient (Wildman–Crippen LogP) is 2.44. The fraction of sp³-hybridized carbons (Fsp3) is 0.375. The summed E-state index contributed by atoms with van der Waals surface area (Å²) in [7, 11) is 0. The zero-order valence-corrected chi connectivity index (χ0v) is 8.54. The highest BCUT2D eigenvalue weighted by Gasteiger charge is 2.19. The number of fused-ring (bicyclic) bond motifs is 1. The van der Waals surface area contributed by atoms with E-state index in [1.165, 1.54) is 10.8 Å². The quantitative estimate of drug-likeness (QED) is 0.747. The molecular formula is C8H7ClF2N4. The van der Waals surface area contributed by atoms with Crippen LogP contribution >= 0.6 is 11.6 Å². The zero-order chi connectivity index (χ0) is 11.0. The average molecular weight is 233 g/mol. The van der Waals surface area contributed by atoms with E-state index < -0.39 is 6.43 Å². The molecule has 0 aromatic carbocycles. The van der Waals surface area contributed by atoms with Crippen LogP contribution in [0.25, 0.3) is 11.2 Å². The van der Waals surface area contributed by atoms with Gasteiger partial charge in [-0.05, 0) is 18.5 Å². The molecule has 0 saturated heterocycles. The molecule has 0 fully saturated rings. The highest BCUT2D eigenvalue weighted by Crippen LogP contribution is 2.22. The third kappa shape index (κ3) is 1.65. The van der Waals surface area contributed by atoms with Crippen LogP contribution < -0.4 is 0 Å². The molecule has 2 heterocycles. The van der Waals surface area contributed by atoms with Crippen LogP contribution in [-0.4, -0.2) is 19.5 Å². The molecule has 0 aliphatic carbocycles. The Morgan fingerprint density at radius 2 is 2.20 bits per heavy atom. The molecule has 80 valence electrons. The van der Waals surface area contributed by atoms with Crippen molar-refractivity contribution in [2.24, 2.45) is 0 Å². The SMILES string of the molecule is CCn1c(C(F)F)nc2cnc(Cl)nc21. The van der Waals surface area contributed by atoms with Crippen LogP contribution in [0.5, 0.6) is 0 Å². The molecule has 0 amide bonds. The van der Waals surface area contributed by atoms with Gasteiger partial charge in [-0.3, -0.25) is 0 Å². The average Bonchev–Trinajstić information content (AvgIpc) is 2.55. The minimum absolute atomic E-state index is 0.0258. The third-order valence-electron chi connectivity index (χ3n) is 2.00. The number of aryl methyl sites for hydroxylation is 1. The lowest BCUT2D eigenvalue weighted by atomic mass is 10.5. The van der Waals surface area contributed by atoms with Crippen molar-refractivity contribution in [3.63, 3.8) is 0 Å². The van der Waals surface area contributed by atoms with Crippen LogP contribution in [0.3, 0.4) is 0 Å². The number of nitrogens with zero attached hydrogens (tertiary/aromatic N) is 4. The number of alkyl halides is 2. The third-order valence-corrected chi connectivity index (χ3v) is 2.18. The van der Waals surface area contributed by atoms with Gasteiger partial charge in [0.2, 0.25) is 5.28 Å². The van der Waals surface area contributed by atoms with Crippen molar-refractivity contribution in [2.45, 2.75) is 19.9 Å². The van der Waals surface area contributed by atoms with Gasteiger partial charge < -0.3 is 4.57 Å². The Morgan fingerprint density at radius 1 is 1.47 bits per heavy atom. The van der Waals surface area contributed by atoms with E-state index in [4.69, 9.17) is 11.6 Å². The largest absolute Gasteiger partial charge is 0.308 e. The van der Waals surface area contributed by atoms with E-state index in [-0.39, 0.29) is 11.1 Å². The molecule has 0 saturated carbocycles. The Morgan fingerprint density at radius 3 is 2.80 bits per heavy atom. The molecule has 2 aromatic rings. The van der Waals surface area contributed by atoms with Crippen molar-refractivity contribution in [1.29, 1.82) is 0 Å². The van der Waals surface area contributed by atoms with Crippen molar-refractivity contribution < 1.29 is 8.78 Å². The second kappa shape index (κ2) is 3.69. The van der Waals surface area contributed by atoms with Gasteiger partial charge in [-0.15, -0.1) is 0 Å². The number of hydrogen-bond donors (Lipinski definition) is 0. The summed E-state index contributed by atoms with van der Waals surface area (Å²) in [5.74, 6) is -0.302. The van der Waals surface area contributed by atoms with Gasteiger partial charge in [-0.1, -0.05) is 0 Å². The minimum atomic E-state index is -2.63. The van der Waals surface area contributed by atoms with E-state index in [1.807, 2.05) is 0 Å². The first-order chi connectivity index (χ1) is 7.13. The Bertz CT molecular complexity index is 497. The molecule has 0 atom stereocenters. The molecule has 2 rings (SSSR count). The Hall–Kier alpha value is -1.30. The Balaban J connectivity index is 2.74. The highest BCUT2D eigenvalue weighted by atomic mass is 35.5. The molecule has 0 N–H and O–H groups in total. The molecule has 15 heavy (non-hydrogen) atoms. The zero-order valence-electron chi connectivity index (χ0n) is 7.78. The van der Waals surface area contributed by atoms with E-state index in [9.17, 15) is 8.78 Å². The van der Waals surface area contributed by atoms with Gasteiger partial charge in [0.1, 0.15) is 5.52 Å². The molecule has 0 unspecified atom stereocenters. The molecule has 0 aliphatic heterocycles. The maximum Gasteiger partial charge on any atom is 0.295 e. The van der Waals surface area contributed by atoms with Crippen LogP contribution in [0.4, 0.5) is 8.78 Å². The van der Waals surface area contributed by atoms with Crippen LogP contribution in [0, 0.1) is 0 Å². The molecule has 0 bridgehead atoms. The van der Waals surface area contributed by atoms with Crippen molar-refractivity contribution in [1.82, 2.24) is 19.5 Å². The van der Waals surface area contributed by atoms with Crippen molar-refractivity contribution >= 4 is 22.8 Å². The van der Waals surface area contributed by atoms with Crippen LogP contribution in [0.1, 0.15) is 19.2 Å². The van der Waals surface area contributed by atoms with E-state index in [1.54, 1.807) is 6.92 Å². The van der Waals surface area contributed by atoms with E-state index >= 15 is 0 Å². The monoisotopic (exact) mass is 232 g/mol. The maximum atomic E-state index is 12.6. The van der Waals surface area contributed by atoms with Crippen LogP contribution in [-0.2, 0) is 6.54 Å². The normalized spacial score (nSPS) is 11.5. The molecule has 7 heteroatoms. The van der Waals surface area contributed by atoms with Crippen LogP contribution in [0.2, 0.25) is 5.28 Å². The smallest absolute Gasteiger partial charge is 0.295 e. The highest BCUT2D eigenvalue weighted by molar-refractivity contribution is 6.28. The number of hydrogen-bond acceptors (Lipinski definition) is 3. The summed E-state index contributed by atoms with van der Waals surface area (Å²) >= 11 is 5.59. The summed E-state index contributed by atoms with van der Waals surface area (Å²) in [5.41, 5.74) is 0.671. The summed E-state index contributed by atoms with van der Waals surface area (Å²) in [5, 5.41) is 0.0258. The topological polar surface area (TPSA) is 43.6 Å². The standard InChI is InChI=1S/C8H7ClF2N4/c1-2-15-6-4(3-12-8(9)14-6)13-7(15)5(10)11/h3,5H,2H2,1H3. The van der Waals surface area contributed by atoms with Gasteiger partial charge in [0.25, 0.3) is 6.43 Å². The van der Waals surface area contributed by atoms with Crippen molar-refractivity contribution in [3.8, 4) is 0 Å². The molecule has 0 spiro atoms. The lowest BCUT2D eigenvalue weighted by Gasteiger charge is -2.03. The van der Waals surface area contributed by atoms with Gasteiger partial charge in [0.15, 0.2) is 11.5 Å². The van der Waals surface area contributed by atoms with E-state index in [0.717, 1.165) is 0 Å². The predicted molar refractivity (Wildman–Crippen MR) is 51.0 cm³/mol. The summed E-state index contributed by atoms with van der Waals surface area (Å²) in [6.45, 7) is 2.10. The van der Waals surface area contributed by atoms with Gasteiger partial charge in [-0.25, -0.2) is 18.7 Å². The molecule has 4 nitrogen and oxygen atoms in total. The number of aromatic nitrogens is 4. The first kappa shape index (κ1) is 10.2.